The van der Waals surface area contributed by atoms with Crippen molar-refractivity contribution in [1.29, 1.82) is 0 Å². The minimum absolute atomic E-state index is 0.107. The number of carbonyl (C=O) groups is 4. The van der Waals surface area contributed by atoms with Crippen molar-refractivity contribution in [1.82, 2.24) is 0 Å². The zero-order valence-electron chi connectivity index (χ0n) is 64.8. The van der Waals surface area contributed by atoms with Crippen LogP contribution in [0.2, 0.25) is 0 Å². The maximum absolute atomic E-state index is 13.1. The standard InChI is InChI=1S/C80H156O17P2/c1-7-9-11-13-15-17-18-19-20-21-22-23-24-25-26-27-28-33-40-46-52-58-64-79(84)97-76(69-91-78(83)63-57-51-45-39-34-29-31-37-42-48-54-60-72(3)4)71-95-99(88,89)93-67-74(81)66-92-98(86,87)94-70-75(68-90-77(82)62-56-50-44-36-16-14-12-10-8-2)96-80(85)65-59-53-47-41-35-30-32-38-43-49-55-61-73(5)6/h72-76,81H,7-71H2,1-6H3,(H,86,87)(H,88,89)/t74-,75+,76+/m0/s1. The summed E-state index contributed by atoms with van der Waals surface area (Å²) in [5.74, 6) is -0.576. The molecule has 0 aromatic heterocycles. The molecule has 0 saturated carbocycles. The maximum Gasteiger partial charge on any atom is 0.472 e. The minimum Gasteiger partial charge on any atom is -0.462 e. The van der Waals surface area contributed by atoms with Gasteiger partial charge in [0.2, 0.25) is 0 Å². The second kappa shape index (κ2) is 71.7. The van der Waals surface area contributed by atoms with Crippen LogP contribution < -0.4 is 0 Å². The lowest BCUT2D eigenvalue weighted by Crippen LogP contribution is -2.30. The van der Waals surface area contributed by atoms with Gasteiger partial charge < -0.3 is 33.8 Å². The quantitative estimate of drug-likeness (QED) is 0.0222. The van der Waals surface area contributed by atoms with Gasteiger partial charge in [-0.1, -0.05) is 369 Å². The molecule has 0 heterocycles. The monoisotopic (exact) mass is 1450 g/mol. The summed E-state index contributed by atoms with van der Waals surface area (Å²) in [5, 5.41) is 10.6. The Bertz CT molecular complexity index is 1910. The number of unbranched alkanes of at least 4 members (excludes halogenated alkanes) is 49. The summed E-state index contributed by atoms with van der Waals surface area (Å²) in [7, 11) is -9.91. The van der Waals surface area contributed by atoms with E-state index in [1.54, 1.807) is 0 Å². The van der Waals surface area contributed by atoms with Crippen molar-refractivity contribution >= 4 is 39.5 Å². The Balaban J connectivity index is 5.19. The highest BCUT2D eigenvalue weighted by atomic mass is 31.2. The fraction of sp³-hybridized carbons (Fsp3) is 0.950. The topological polar surface area (TPSA) is 237 Å². The number of hydrogen-bond acceptors (Lipinski definition) is 15. The van der Waals surface area contributed by atoms with Crippen molar-refractivity contribution in [2.24, 2.45) is 11.8 Å². The summed E-state index contributed by atoms with van der Waals surface area (Å²) in [6.45, 7) is 9.61. The summed E-state index contributed by atoms with van der Waals surface area (Å²) in [4.78, 5) is 72.9. The van der Waals surface area contributed by atoms with Crippen LogP contribution in [0.1, 0.15) is 420 Å². The number of esters is 4. The Kier molecular flexibility index (Phi) is 70.3. The predicted molar refractivity (Wildman–Crippen MR) is 405 cm³/mol. The van der Waals surface area contributed by atoms with E-state index in [-0.39, 0.29) is 25.7 Å². The molecule has 0 spiro atoms. The molecular formula is C80H156O17P2. The van der Waals surface area contributed by atoms with Crippen LogP contribution in [0, 0.1) is 11.8 Å². The smallest absolute Gasteiger partial charge is 0.462 e. The molecule has 0 aromatic carbocycles. The lowest BCUT2D eigenvalue weighted by molar-refractivity contribution is -0.161. The second-order valence-corrected chi connectivity index (χ2v) is 32.7. The van der Waals surface area contributed by atoms with Crippen LogP contribution in [0.4, 0.5) is 0 Å². The van der Waals surface area contributed by atoms with Gasteiger partial charge in [0, 0.05) is 25.7 Å². The van der Waals surface area contributed by atoms with Gasteiger partial charge in [0.05, 0.1) is 26.4 Å². The lowest BCUT2D eigenvalue weighted by atomic mass is 10.0. The highest BCUT2D eigenvalue weighted by molar-refractivity contribution is 7.47. The Morgan fingerprint density at radius 2 is 0.465 bits per heavy atom. The van der Waals surface area contributed by atoms with Crippen molar-refractivity contribution < 1.29 is 80.2 Å². The normalized spacial score (nSPS) is 13.9. The van der Waals surface area contributed by atoms with Crippen molar-refractivity contribution in [3.05, 3.63) is 0 Å². The van der Waals surface area contributed by atoms with Gasteiger partial charge in [-0.2, -0.15) is 0 Å². The molecule has 0 saturated heterocycles. The van der Waals surface area contributed by atoms with Gasteiger partial charge in [-0.25, -0.2) is 9.13 Å². The molecule has 0 amide bonds. The largest absolute Gasteiger partial charge is 0.472 e. The van der Waals surface area contributed by atoms with Gasteiger partial charge >= 0.3 is 39.5 Å². The number of aliphatic hydroxyl groups excluding tert-OH is 1. The maximum atomic E-state index is 13.1. The minimum atomic E-state index is -4.96. The third kappa shape index (κ3) is 74.1. The highest BCUT2D eigenvalue weighted by Crippen LogP contribution is 2.45. The second-order valence-electron chi connectivity index (χ2n) is 29.8. The van der Waals surface area contributed by atoms with Crippen LogP contribution >= 0.6 is 15.6 Å². The van der Waals surface area contributed by atoms with Crippen LogP contribution in [0.15, 0.2) is 0 Å². The molecule has 0 aliphatic carbocycles. The molecular weight excluding hydrogens is 1290 g/mol. The third-order valence-electron chi connectivity index (χ3n) is 18.7. The molecule has 0 aromatic rings. The molecule has 588 valence electrons. The number of ether oxygens (including phenoxy) is 4. The average molecular weight is 1450 g/mol. The van der Waals surface area contributed by atoms with E-state index in [0.717, 1.165) is 102 Å². The van der Waals surface area contributed by atoms with E-state index in [4.69, 9.17) is 37.0 Å². The van der Waals surface area contributed by atoms with E-state index in [9.17, 15) is 43.2 Å². The molecule has 3 N–H and O–H groups in total. The predicted octanol–water partition coefficient (Wildman–Crippen LogP) is 23.9. The Morgan fingerprint density at radius 3 is 0.687 bits per heavy atom. The van der Waals surface area contributed by atoms with Crippen LogP contribution in [0.3, 0.4) is 0 Å². The Hall–Kier alpha value is -1.94. The fourth-order valence-electron chi connectivity index (χ4n) is 12.4. The number of phosphoric acid groups is 2. The van der Waals surface area contributed by atoms with Crippen molar-refractivity contribution in [3.8, 4) is 0 Å². The number of phosphoric ester groups is 2. The van der Waals surface area contributed by atoms with Gasteiger partial charge in [0.1, 0.15) is 19.3 Å². The molecule has 0 radical (unpaired) electrons. The number of rotatable bonds is 79. The van der Waals surface area contributed by atoms with E-state index >= 15 is 0 Å². The van der Waals surface area contributed by atoms with Crippen LogP contribution in [-0.2, 0) is 65.4 Å². The van der Waals surface area contributed by atoms with E-state index in [0.29, 0.717) is 25.7 Å². The zero-order chi connectivity index (χ0) is 72.8. The van der Waals surface area contributed by atoms with Gasteiger partial charge in [-0.3, -0.25) is 37.3 Å². The highest BCUT2D eigenvalue weighted by Gasteiger charge is 2.30. The first-order valence-electron chi connectivity index (χ1n) is 41.5. The number of hydrogen-bond donors (Lipinski definition) is 3. The molecule has 0 aliphatic heterocycles. The Morgan fingerprint density at radius 1 is 0.273 bits per heavy atom. The fourth-order valence-corrected chi connectivity index (χ4v) is 13.9. The van der Waals surface area contributed by atoms with Crippen molar-refractivity contribution in [2.45, 2.75) is 439 Å². The molecule has 99 heavy (non-hydrogen) atoms. The summed E-state index contributed by atoms with van der Waals surface area (Å²) >= 11 is 0. The molecule has 19 heteroatoms. The third-order valence-corrected chi connectivity index (χ3v) is 20.6. The van der Waals surface area contributed by atoms with Crippen LogP contribution in [0.25, 0.3) is 0 Å². The summed E-state index contributed by atoms with van der Waals surface area (Å²) in [6, 6.07) is 0. The summed E-state index contributed by atoms with van der Waals surface area (Å²) < 4.78 is 68.6. The summed E-state index contributed by atoms with van der Waals surface area (Å²) in [6.07, 6.45) is 61.2. The Labute approximate surface area is 607 Å². The van der Waals surface area contributed by atoms with Crippen LogP contribution in [-0.4, -0.2) is 96.7 Å². The van der Waals surface area contributed by atoms with Gasteiger partial charge in [-0.05, 0) is 37.5 Å². The molecule has 5 atom stereocenters. The molecule has 0 aliphatic rings. The first-order chi connectivity index (χ1) is 47.9. The van der Waals surface area contributed by atoms with E-state index in [2.05, 4.69) is 41.5 Å². The van der Waals surface area contributed by atoms with Gasteiger partial charge in [0.15, 0.2) is 12.2 Å². The molecule has 0 bridgehead atoms. The lowest BCUT2D eigenvalue weighted by Gasteiger charge is -2.21. The van der Waals surface area contributed by atoms with E-state index < -0.39 is 97.5 Å². The molecule has 0 rings (SSSR count). The molecule has 0 fully saturated rings. The summed E-state index contributed by atoms with van der Waals surface area (Å²) in [5.41, 5.74) is 0. The van der Waals surface area contributed by atoms with E-state index in [1.807, 2.05) is 0 Å². The first kappa shape index (κ1) is 97.1. The number of aliphatic hydroxyl groups is 1. The van der Waals surface area contributed by atoms with Crippen molar-refractivity contribution in [2.75, 3.05) is 39.6 Å². The molecule has 2 unspecified atom stereocenters. The zero-order valence-corrected chi connectivity index (χ0v) is 66.6. The van der Waals surface area contributed by atoms with Crippen molar-refractivity contribution in [3.63, 3.8) is 0 Å². The SMILES string of the molecule is CCCCCCCCCCCCCCCCCCCCCCCCC(=O)O[C@H](COC(=O)CCCCCCCCCCCCCC(C)C)COP(=O)(O)OC[C@@H](O)COP(=O)(O)OC[C@@H](COC(=O)CCCCCCCCCCC)OC(=O)CCCCCCCCCCCCCC(C)C. The first-order valence-corrected chi connectivity index (χ1v) is 44.5. The molecule has 17 nitrogen and oxygen atoms in total. The van der Waals surface area contributed by atoms with Gasteiger partial charge in [-0.15, -0.1) is 0 Å². The average Bonchev–Trinajstić information content (AvgIpc) is 1.22. The number of carbonyl (C=O) groups excluding carboxylic acids is 4. The van der Waals surface area contributed by atoms with Gasteiger partial charge in [0.25, 0.3) is 0 Å². The van der Waals surface area contributed by atoms with Crippen LogP contribution in [0.5, 0.6) is 0 Å². The van der Waals surface area contributed by atoms with E-state index in [1.165, 1.54) is 238 Å².